The van der Waals surface area contributed by atoms with E-state index in [1.54, 1.807) is 0 Å². The van der Waals surface area contributed by atoms with Crippen molar-refractivity contribution in [2.24, 2.45) is 0 Å². The molecular formula is C16H24ClNO2. The minimum atomic E-state index is -0.309. The van der Waals surface area contributed by atoms with E-state index in [1.807, 2.05) is 25.2 Å². The first-order chi connectivity index (χ1) is 9.23. The van der Waals surface area contributed by atoms with Crippen LogP contribution in [0.5, 0.6) is 5.75 Å². The van der Waals surface area contributed by atoms with Crippen molar-refractivity contribution in [3.63, 3.8) is 0 Å². The Morgan fingerprint density at radius 1 is 1.35 bits per heavy atom. The zero-order valence-corrected chi connectivity index (χ0v) is 13.7. The van der Waals surface area contributed by atoms with E-state index >= 15 is 0 Å². The number of ether oxygens (including phenoxy) is 2. The largest absolute Gasteiger partial charge is 0.486 e. The fourth-order valence-electron chi connectivity index (χ4n) is 2.80. The van der Waals surface area contributed by atoms with E-state index in [0.29, 0.717) is 5.02 Å². The van der Waals surface area contributed by atoms with E-state index in [4.69, 9.17) is 21.1 Å². The van der Waals surface area contributed by atoms with Gasteiger partial charge in [0.1, 0.15) is 17.5 Å². The molecule has 0 bridgehead atoms. The van der Waals surface area contributed by atoms with Gasteiger partial charge in [0.05, 0.1) is 10.6 Å². The molecule has 1 aromatic carbocycles. The molecular weight excluding hydrogens is 274 g/mol. The van der Waals surface area contributed by atoms with Gasteiger partial charge in [0.2, 0.25) is 0 Å². The summed E-state index contributed by atoms with van der Waals surface area (Å²) in [6.07, 6.45) is 0.861. The highest BCUT2D eigenvalue weighted by Crippen LogP contribution is 2.40. The maximum Gasteiger partial charge on any atom is 0.138 e. The summed E-state index contributed by atoms with van der Waals surface area (Å²) in [5.74, 6) is 0.728. The first-order valence-corrected chi connectivity index (χ1v) is 7.41. The third kappa shape index (κ3) is 3.46. The minimum Gasteiger partial charge on any atom is -0.486 e. The summed E-state index contributed by atoms with van der Waals surface area (Å²) in [5.41, 5.74) is 0.676. The SMILES string of the molecule is CNCc1ccc(OC2CC(C)(C)OC2(C)C)c(Cl)c1. The Kier molecular flexibility index (Phi) is 4.33. The standard InChI is InChI=1S/C16H24ClNO2/c1-15(2)9-14(16(3,4)20-15)19-13-7-6-11(10-18-5)8-12(13)17/h6-8,14,18H,9-10H2,1-5H3. The first-order valence-electron chi connectivity index (χ1n) is 7.03. The molecule has 1 aliphatic heterocycles. The van der Waals surface area contributed by atoms with Gasteiger partial charge in [-0.3, -0.25) is 0 Å². The lowest BCUT2D eigenvalue weighted by atomic mass is 9.97. The fourth-order valence-corrected chi connectivity index (χ4v) is 3.05. The summed E-state index contributed by atoms with van der Waals surface area (Å²) < 4.78 is 12.2. The Morgan fingerprint density at radius 2 is 2.05 bits per heavy atom. The second kappa shape index (κ2) is 5.55. The van der Waals surface area contributed by atoms with E-state index in [0.717, 1.165) is 24.3 Å². The van der Waals surface area contributed by atoms with Crippen LogP contribution in [-0.4, -0.2) is 24.4 Å². The molecule has 3 nitrogen and oxygen atoms in total. The van der Waals surface area contributed by atoms with Crippen LogP contribution in [0.4, 0.5) is 0 Å². The second-order valence-corrected chi connectivity index (χ2v) is 6.98. The minimum absolute atomic E-state index is 0.00477. The van der Waals surface area contributed by atoms with Gasteiger partial charge in [-0.25, -0.2) is 0 Å². The molecule has 0 aliphatic carbocycles. The Labute approximate surface area is 126 Å². The lowest BCUT2D eigenvalue weighted by Gasteiger charge is -2.27. The van der Waals surface area contributed by atoms with Crippen LogP contribution >= 0.6 is 11.6 Å². The van der Waals surface area contributed by atoms with Crippen LogP contribution in [0.1, 0.15) is 39.7 Å². The van der Waals surface area contributed by atoms with Crippen molar-refractivity contribution in [2.75, 3.05) is 7.05 Å². The third-order valence-corrected chi connectivity index (χ3v) is 3.93. The Balaban J connectivity index is 2.14. The van der Waals surface area contributed by atoms with Crippen LogP contribution in [0, 0.1) is 0 Å². The summed E-state index contributed by atoms with van der Waals surface area (Å²) in [5, 5.41) is 3.76. The van der Waals surface area contributed by atoms with Gasteiger partial charge in [-0.15, -0.1) is 0 Å². The molecule has 1 saturated heterocycles. The zero-order valence-electron chi connectivity index (χ0n) is 12.9. The Morgan fingerprint density at radius 3 is 2.55 bits per heavy atom. The average Bonchev–Trinajstić information content (AvgIpc) is 2.51. The molecule has 112 valence electrons. The quantitative estimate of drug-likeness (QED) is 0.917. The van der Waals surface area contributed by atoms with Gasteiger partial charge in [-0.1, -0.05) is 17.7 Å². The van der Waals surface area contributed by atoms with E-state index in [9.17, 15) is 0 Å². The molecule has 1 atom stereocenters. The molecule has 1 aliphatic rings. The summed E-state index contributed by atoms with van der Waals surface area (Å²) in [4.78, 5) is 0. The summed E-state index contributed by atoms with van der Waals surface area (Å²) in [7, 11) is 1.92. The van der Waals surface area contributed by atoms with Crippen LogP contribution in [0.15, 0.2) is 18.2 Å². The summed E-state index contributed by atoms with van der Waals surface area (Å²) in [6.45, 7) is 9.11. The molecule has 1 heterocycles. The zero-order chi connectivity index (χ0) is 15.0. The highest BCUT2D eigenvalue weighted by Gasteiger charge is 2.47. The van der Waals surface area contributed by atoms with Gasteiger partial charge in [0.15, 0.2) is 0 Å². The van der Waals surface area contributed by atoms with Crippen molar-refractivity contribution in [3.8, 4) is 5.75 Å². The number of benzene rings is 1. The van der Waals surface area contributed by atoms with Gasteiger partial charge in [-0.2, -0.15) is 0 Å². The molecule has 4 heteroatoms. The van der Waals surface area contributed by atoms with Crippen molar-refractivity contribution in [1.29, 1.82) is 0 Å². The molecule has 1 aromatic rings. The second-order valence-electron chi connectivity index (χ2n) is 6.57. The maximum atomic E-state index is 6.31. The molecule has 0 spiro atoms. The van der Waals surface area contributed by atoms with Crippen molar-refractivity contribution in [1.82, 2.24) is 5.32 Å². The molecule has 2 rings (SSSR count). The fraction of sp³-hybridized carbons (Fsp3) is 0.625. The van der Waals surface area contributed by atoms with E-state index in [-0.39, 0.29) is 17.3 Å². The highest BCUT2D eigenvalue weighted by molar-refractivity contribution is 6.32. The molecule has 1 fully saturated rings. The van der Waals surface area contributed by atoms with Crippen LogP contribution < -0.4 is 10.1 Å². The van der Waals surface area contributed by atoms with Crippen LogP contribution in [-0.2, 0) is 11.3 Å². The van der Waals surface area contributed by atoms with Crippen molar-refractivity contribution in [2.45, 2.75) is 58.0 Å². The van der Waals surface area contributed by atoms with Crippen molar-refractivity contribution < 1.29 is 9.47 Å². The molecule has 20 heavy (non-hydrogen) atoms. The molecule has 0 amide bonds. The number of nitrogens with one attached hydrogen (secondary N) is 1. The van der Waals surface area contributed by atoms with Crippen LogP contribution in [0.25, 0.3) is 0 Å². The molecule has 0 radical (unpaired) electrons. The molecule has 0 aromatic heterocycles. The maximum absolute atomic E-state index is 6.31. The third-order valence-electron chi connectivity index (χ3n) is 3.64. The monoisotopic (exact) mass is 297 g/mol. The predicted octanol–water partition coefficient (Wildman–Crippen LogP) is 3.78. The van der Waals surface area contributed by atoms with Gasteiger partial charge in [0.25, 0.3) is 0 Å². The molecule has 1 unspecified atom stereocenters. The number of hydrogen-bond donors (Lipinski definition) is 1. The topological polar surface area (TPSA) is 30.5 Å². The van der Waals surface area contributed by atoms with E-state index < -0.39 is 0 Å². The van der Waals surface area contributed by atoms with Crippen molar-refractivity contribution >= 4 is 11.6 Å². The lowest BCUT2D eigenvalue weighted by molar-refractivity contribution is -0.0845. The van der Waals surface area contributed by atoms with Gasteiger partial charge < -0.3 is 14.8 Å². The van der Waals surface area contributed by atoms with Gasteiger partial charge in [0, 0.05) is 13.0 Å². The number of halogens is 1. The van der Waals surface area contributed by atoms with Crippen molar-refractivity contribution in [3.05, 3.63) is 28.8 Å². The summed E-state index contributed by atoms with van der Waals surface area (Å²) >= 11 is 6.31. The van der Waals surface area contributed by atoms with Gasteiger partial charge in [-0.05, 0) is 52.4 Å². The number of hydrogen-bond acceptors (Lipinski definition) is 3. The average molecular weight is 298 g/mol. The van der Waals surface area contributed by atoms with Crippen LogP contribution in [0.2, 0.25) is 5.02 Å². The molecule has 1 N–H and O–H groups in total. The normalized spacial score (nSPS) is 23.8. The highest BCUT2D eigenvalue weighted by atomic mass is 35.5. The van der Waals surface area contributed by atoms with Gasteiger partial charge >= 0.3 is 0 Å². The smallest absolute Gasteiger partial charge is 0.138 e. The molecule has 0 saturated carbocycles. The predicted molar refractivity (Wildman–Crippen MR) is 82.5 cm³/mol. The Hall–Kier alpha value is -0.770. The van der Waals surface area contributed by atoms with E-state index in [1.165, 1.54) is 0 Å². The first kappa shape index (κ1) is 15.6. The lowest BCUT2D eigenvalue weighted by Crippen LogP contribution is -2.36. The van der Waals surface area contributed by atoms with E-state index in [2.05, 4.69) is 33.0 Å². The number of rotatable bonds is 4. The van der Waals surface area contributed by atoms with Crippen LogP contribution in [0.3, 0.4) is 0 Å². The Bertz CT molecular complexity index is 485. The summed E-state index contributed by atoms with van der Waals surface area (Å²) in [6, 6.07) is 5.92.